The normalized spacial score (nSPS) is 14.9. The van der Waals surface area contributed by atoms with Crippen molar-refractivity contribution in [2.45, 2.75) is 19.4 Å². The van der Waals surface area contributed by atoms with Crippen LogP contribution in [0.1, 0.15) is 34.1 Å². The third-order valence-electron chi connectivity index (χ3n) is 3.40. The Balaban J connectivity index is 2.12. The van der Waals surface area contributed by atoms with Gasteiger partial charge in [0.25, 0.3) is 11.8 Å². The van der Waals surface area contributed by atoms with Crippen LogP contribution < -0.4 is 10.6 Å². The van der Waals surface area contributed by atoms with Crippen molar-refractivity contribution in [2.75, 3.05) is 19.0 Å². The number of anilines is 1. The highest BCUT2D eigenvalue weighted by Gasteiger charge is 2.32. The Morgan fingerprint density at radius 3 is 2.57 bits per heavy atom. The van der Waals surface area contributed by atoms with Gasteiger partial charge in [0.15, 0.2) is 0 Å². The third kappa shape index (κ3) is 2.87. The summed E-state index contributed by atoms with van der Waals surface area (Å²) in [6, 6.07) is 3.74. The summed E-state index contributed by atoms with van der Waals surface area (Å²) < 4.78 is 0. The number of hydrogen-bond acceptors (Lipinski definition) is 4. The quantitative estimate of drug-likeness (QED) is 0.715. The van der Waals surface area contributed by atoms with Crippen LogP contribution in [-0.4, -0.2) is 47.5 Å². The Kier molecular flexibility index (Phi) is 4.23. The molecule has 1 aromatic rings. The van der Waals surface area contributed by atoms with Gasteiger partial charge in [-0.15, -0.1) is 0 Å². The predicted octanol–water partition coefficient (Wildman–Crippen LogP) is 0.805. The number of nitrogens with one attached hydrogen (secondary N) is 2. The second-order valence-corrected chi connectivity index (χ2v) is 4.82. The lowest BCUT2D eigenvalue weighted by Gasteiger charge is -2.14. The molecular weight excluding hydrogens is 274 g/mol. The van der Waals surface area contributed by atoms with Gasteiger partial charge in [0, 0.05) is 12.7 Å². The number of urea groups is 1. The van der Waals surface area contributed by atoms with Crippen molar-refractivity contribution in [1.82, 2.24) is 10.2 Å². The van der Waals surface area contributed by atoms with Crippen molar-refractivity contribution < 1.29 is 19.5 Å². The molecule has 1 heterocycles. The summed E-state index contributed by atoms with van der Waals surface area (Å²) >= 11 is 0. The fourth-order valence-electron chi connectivity index (χ4n) is 2.07. The molecule has 1 aliphatic heterocycles. The van der Waals surface area contributed by atoms with Gasteiger partial charge in [0.05, 0.1) is 23.8 Å². The van der Waals surface area contributed by atoms with E-state index >= 15 is 0 Å². The zero-order chi connectivity index (χ0) is 15.6. The van der Waals surface area contributed by atoms with Gasteiger partial charge < -0.3 is 15.7 Å². The summed E-state index contributed by atoms with van der Waals surface area (Å²) in [5, 5.41) is 14.2. The molecule has 1 atom stereocenters. The van der Waals surface area contributed by atoms with Crippen LogP contribution >= 0.6 is 0 Å². The predicted molar refractivity (Wildman–Crippen MR) is 76.2 cm³/mol. The first-order valence-electron chi connectivity index (χ1n) is 6.62. The number of hydrogen-bond donors (Lipinski definition) is 3. The van der Waals surface area contributed by atoms with E-state index in [2.05, 4.69) is 10.6 Å². The smallest absolute Gasteiger partial charge is 0.319 e. The molecular formula is C14H17N3O4. The lowest BCUT2D eigenvalue weighted by molar-refractivity contribution is 0.0693. The largest absolute Gasteiger partial charge is 0.394 e. The summed E-state index contributed by atoms with van der Waals surface area (Å²) in [4.78, 5) is 36.4. The fraction of sp³-hybridized carbons (Fsp3) is 0.357. The lowest BCUT2D eigenvalue weighted by atomic mass is 10.1. The average Bonchev–Trinajstić information content (AvgIpc) is 2.69. The van der Waals surface area contributed by atoms with Crippen molar-refractivity contribution in [1.29, 1.82) is 0 Å². The maximum absolute atomic E-state index is 11.9. The summed E-state index contributed by atoms with van der Waals surface area (Å²) in [6.07, 6.45) is 0.603. The maximum Gasteiger partial charge on any atom is 0.319 e. The number of nitrogens with zero attached hydrogens (tertiary/aromatic N) is 1. The molecule has 4 amide bonds. The van der Waals surface area contributed by atoms with Gasteiger partial charge in [-0.1, -0.05) is 6.92 Å². The molecule has 21 heavy (non-hydrogen) atoms. The number of imide groups is 1. The molecule has 1 aliphatic rings. The summed E-state index contributed by atoms with van der Waals surface area (Å²) in [7, 11) is 1.41. The Bertz CT molecular complexity index is 596. The van der Waals surface area contributed by atoms with Crippen LogP contribution in [0, 0.1) is 0 Å². The van der Waals surface area contributed by atoms with Gasteiger partial charge in [-0.05, 0) is 24.6 Å². The zero-order valence-electron chi connectivity index (χ0n) is 11.8. The van der Waals surface area contributed by atoms with E-state index in [0.717, 1.165) is 4.90 Å². The van der Waals surface area contributed by atoms with Crippen molar-refractivity contribution in [2.24, 2.45) is 0 Å². The van der Waals surface area contributed by atoms with Crippen LogP contribution in [-0.2, 0) is 0 Å². The highest BCUT2D eigenvalue weighted by molar-refractivity contribution is 6.21. The molecule has 0 aliphatic carbocycles. The van der Waals surface area contributed by atoms with Crippen LogP contribution in [0.3, 0.4) is 0 Å². The zero-order valence-corrected chi connectivity index (χ0v) is 11.8. The molecule has 0 fully saturated rings. The van der Waals surface area contributed by atoms with Gasteiger partial charge in [-0.3, -0.25) is 14.5 Å². The van der Waals surface area contributed by atoms with Crippen LogP contribution in [0.4, 0.5) is 10.5 Å². The van der Waals surface area contributed by atoms with Crippen molar-refractivity contribution >= 4 is 23.5 Å². The first kappa shape index (κ1) is 15.0. The molecule has 2 rings (SSSR count). The van der Waals surface area contributed by atoms with E-state index in [1.807, 2.05) is 6.92 Å². The molecule has 7 nitrogen and oxygen atoms in total. The summed E-state index contributed by atoms with van der Waals surface area (Å²) in [5.41, 5.74) is 1.01. The molecule has 0 saturated heterocycles. The van der Waals surface area contributed by atoms with E-state index in [1.165, 1.54) is 19.2 Å². The number of benzene rings is 1. The SMILES string of the molecule is CC[C@H](CO)NC(=O)Nc1ccc2c(c1)C(=O)N(C)C2=O. The number of aliphatic hydroxyl groups excluding tert-OH is 1. The summed E-state index contributed by atoms with van der Waals surface area (Å²) in [5.74, 6) is -0.738. The second kappa shape index (κ2) is 5.92. The molecule has 0 saturated carbocycles. The topological polar surface area (TPSA) is 98.7 Å². The van der Waals surface area contributed by atoms with Crippen molar-refractivity contribution in [3.63, 3.8) is 0 Å². The molecule has 1 aromatic carbocycles. The highest BCUT2D eigenvalue weighted by atomic mass is 16.3. The van der Waals surface area contributed by atoms with Gasteiger partial charge in [0.2, 0.25) is 0 Å². The number of fused-ring (bicyclic) bond motifs is 1. The van der Waals surface area contributed by atoms with Gasteiger partial charge in [0.1, 0.15) is 0 Å². The molecule has 0 bridgehead atoms. The van der Waals surface area contributed by atoms with E-state index in [-0.39, 0.29) is 30.0 Å². The van der Waals surface area contributed by atoms with Gasteiger partial charge >= 0.3 is 6.03 Å². The minimum Gasteiger partial charge on any atom is -0.394 e. The minimum atomic E-state index is -0.471. The molecule has 112 valence electrons. The number of rotatable bonds is 4. The lowest BCUT2D eigenvalue weighted by Crippen LogP contribution is -2.39. The van der Waals surface area contributed by atoms with Crippen LogP contribution in [0.25, 0.3) is 0 Å². The van der Waals surface area contributed by atoms with E-state index in [0.29, 0.717) is 17.7 Å². The molecule has 0 unspecified atom stereocenters. The van der Waals surface area contributed by atoms with E-state index in [9.17, 15) is 14.4 Å². The first-order valence-corrected chi connectivity index (χ1v) is 6.62. The van der Waals surface area contributed by atoms with Crippen molar-refractivity contribution in [3.8, 4) is 0 Å². The molecule has 3 N–H and O–H groups in total. The average molecular weight is 291 g/mol. The number of aliphatic hydroxyl groups is 1. The first-order chi connectivity index (χ1) is 9.97. The monoisotopic (exact) mass is 291 g/mol. The minimum absolute atomic E-state index is 0.147. The Morgan fingerprint density at radius 2 is 1.95 bits per heavy atom. The van der Waals surface area contributed by atoms with E-state index in [4.69, 9.17) is 5.11 Å². The van der Waals surface area contributed by atoms with Gasteiger partial charge in [-0.25, -0.2) is 4.79 Å². The molecule has 0 aromatic heterocycles. The molecule has 0 radical (unpaired) electrons. The molecule has 0 spiro atoms. The fourth-order valence-corrected chi connectivity index (χ4v) is 2.07. The Labute approximate surface area is 121 Å². The van der Waals surface area contributed by atoms with E-state index < -0.39 is 6.03 Å². The van der Waals surface area contributed by atoms with E-state index in [1.54, 1.807) is 6.07 Å². The Morgan fingerprint density at radius 1 is 1.29 bits per heavy atom. The van der Waals surface area contributed by atoms with Crippen LogP contribution in [0.15, 0.2) is 18.2 Å². The standard InChI is InChI=1S/C14H17N3O4/c1-3-8(7-18)15-14(21)16-9-4-5-10-11(6-9)13(20)17(2)12(10)19/h4-6,8,18H,3,7H2,1-2H3,(H2,15,16,21)/t8-/m1/s1. The highest BCUT2D eigenvalue weighted by Crippen LogP contribution is 2.24. The number of carbonyl (C=O) groups excluding carboxylic acids is 3. The third-order valence-corrected chi connectivity index (χ3v) is 3.40. The number of amides is 4. The second-order valence-electron chi connectivity index (χ2n) is 4.82. The molecule has 7 heteroatoms. The maximum atomic E-state index is 11.9. The van der Waals surface area contributed by atoms with Crippen LogP contribution in [0.5, 0.6) is 0 Å². The van der Waals surface area contributed by atoms with Gasteiger partial charge in [-0.2, -0.15) is 0 Å². The Hall–Kier alpha value is -2.41. The summed E-state index contributed by atoms with van der Waals surface area (Å²) in [6.45, 7) is 1.70. The van der Waals surface area contributed by atoms with Crippen LogP contribution in [0.2, 0.25) is 0 Å². The number of carbonyl (C=O) groups is 3. The van der Waals surface area contributed by atoms with Crippen molar-refractivity contribution in [3.05, 3.63) is 29.3 Å².